The smallest absolute Gasteiger partial charge is 0.337 e. The van der Waals surface area contributed by atoms with Crippen molar-refractivity contribution in [2.45, 2.75) is 13.8 Å². The second kappa shape index (κ2) is 9.15. The Labute approximate surface area is 138 Å². The second-order valence-corrected chi connectivity index (χ2v) is 5.14. The number of nitrogens with zero attached hydrogens (tertiary/aromatic N) is 2. The molecule has 1 aliphatic heterocycles. The van der Waals surface area contributed by atoms with Crippen LogP contribution in [-0.2, 0) is 4.74 Å². The zero-order valence-electron chi connectivity index (χ0n) is 14.8. The van der Waals surface area contributed by atoms with Crippen LogP contribution in [0.5, 0.6) is 0 Å². The molecule has 0 radical (unpaired) electrons. The van der Waals surface area contributed by atoms with Gasteiger partial charge >= 0.3 is 5.97 Å². The summed E-state index contributed by atoms with van der Waals surface area (Å²) in [6.45, 7) is 7.60. The van der Waals surface area contributed by atoms with Crippen LogP contribution < -0.4 is 5.32 Å². The minimum absolute atomic E-state index is 0.371. The summed E-state index contributed by atoms with van der Waals surface area (Å²) in [4.78, 5) is 15.9. The third kappa shape index (κ3) is 4.69. The number of ether oxygens (including phenoxy) is 1. The van der Waals surface area contributed by atoms with Crippen LogP contribution in [0.2, 0.25) is 0 Å². The lowest BCUT2D eigenvalue weighted by atomic mass is 10.1. The maximum atomic E-state index is 11.6. The van der Waals surface area contributed by atoms with Crippen LogP contribution in [0.15, 0.2) is 18.2 Å². The fourth-order valence-electron chi connectivity index (χ4n) is 2.40. The number of benzene rings is 1. The average Bonchev–Trinajstić information content (AvgIpc) is 2.62. The molecule has 1 fully saturated rings. The molecule has 0 saturated carbocycles. The molecule has 128 valence electrons. The van der Waals surface area contributed by atoms with Crippen molar-refractivity contribution >= 4 is 17.5 Å². The standard InChI is InChI=1S/C15H22N4O2.C2H6/c1-17-13-10-11(15(20)21-3)4-5-12(13)14(16)19-8-6-18(2)7-9-19;1-2/h4-5,10,16-17H,6-9H2,1-3H3;1-2H3. The van der Waals surface area contributed by atoms with E-state index in [1.54, 1.807) is 25.2 Å². The summed E-state index contributed by atoms with van der Waals surface area (Å²) in [5.41, 5.74) is 2.05. The molecular formula is C17H28N4O2. The van der Waals surface area contributed by atoms with Crippen LogP contribution in [0.4, 0.5) is 5.69 Å². The number of anilines is 1. The fourth-order valence-corrected chi connectivity index (χ4v) is 2.40. The Hall–Kier alpha value is -2.08. The van der Waals surface area contributed by atoms with Gasteiger partial charge in [-0.15, -0.1) is 0 Å². The normalized spacial score (nSPS) is 14.6. The molecule has 1 aliphatic rings. The lowest BCUT2D eigenvalue weighted by molar-refractivity contribution is 0.0601. The number of methoxy groups -OCH3 is 1. The van der Waals surface area contributed by atoms with Crippen molar-refractivity contribution < 1.29 is 9.53 Å². The Morgan fingerprint density at radius 1 is 1.22 bits per heavy atom. The Bertz CT molecular complexity index is 537. The molecule has 0 aromatic heterocycles. The van der Waals surface area contributed by atoms with Gasteiger partial charge in [0.15, 0.2) is 0 Å². The van der Waals surface area contributed by atoms with Crippen molar-refractivity contribution in [3.05, 3.63) is 29.3 Å². The molecule has 0 unspecified atom stereocenters. The van der Waals surface area contributed by atoms with Gasteiger partial charge in [-0.05, 0) is 25.2 Å². The van der Waals surface area contributed by atoms with Gasteiger partial charge in [0, 0.05) is 44.5 Å². The average molecular weight is 320 g/mol. The largest absolute Gasteiger partial charge is 0.465 e. The highest BCUT2D eigenvalue weighted by atomic mass is 16.5. The van der Waals surface area contributed by atoms with Crippen LogP contribution >= 0.6 is 0 Å². The summed E-state index contributed by atoms with van der Waals surface area (Å²) < 4.78 is 4.73. The summed E-state index contributed by atoms with van der Waals surface area (Å²) in [5.74, 6) is 0.119. The fraction of sp³-hybridized carbons (Fsp3) is 0.529. The molecule has 1 saturated heterocycles. The molecule has 2 rings (SSSR count). The number of carbonyl (C=O) groups is 1. The zero-order valence-corrected chi connectivity index (χ0v) is 14.8. The molecule has 1 aromatic rings. The number of esters is 1. The molecule has 2 N–H and O–H groups in total. The molecule has 0 bridgehead atoms. The van der Waals surface area contributed by atoms with Gasteiger partial charge in [-0.3, -0.25) is 5.41 Å². The van der Waals surface area contributed by atoms with Crippen LogP contribution in [0.25, 0.3) is 0 Å². The quantitative estimate of drug-likeness (QED) is 0.507. The SMILES string of the molecule is CC.CNc1cc(C(=O)OC)ccc1C(=N)N1CCN(C)CC1. The number of hydrogen-bond acceptors (Lipinski definition) is 5. The van der Waals surface area contributed by atoms with Gasteiger partial charge in [0.1, 0.15) is 5.84 Å². The third-order valence-corrected chi connectivity index (χ3v) is 3.78. The van der Waals surface area contributed by atoms with E-state index in [0.717, 1.165) is 37.4 Å². The Kier molecular flexibility index (Phi) is 7.54. The number of amidine groups is 1. The number of hydrogen-bond donors (Lipinski definition) is 2. The molecule has 0 spiro atoms. The van der Waals surface area contributed by atoms with Gasteiger partial charge in [-0.2, -0.15) is 0 Å². The molecule has 23 heavy (non-hydrogen) atoms. The van der Waals surface area contributed by atoms with Crippen molar-refractivity contribution in [2.24, 2.45) is 0 Å². The highest BCUT2D eigenvalue weighted by Crippen LogP contribution is 2.20. The van der Waals surface area contributed by atoms with Crippen molar-refractivity contribution in [1.29, 1.82) is 5.41 Å². The molecule has 0 atom stereocenters. The van der Waals surface area contributed by atoms with Gasteiger partial charge in [0.05, 0.1) is 12.7 Å². The Morgan fingerprint density at radius 3 is 2.35 bits per heavy atom. The van der Waals surface area contributed by atoms with Gasteiger partial charge in [-0.25, -0.2) is 4.79 Å². The van der Waals surface area contributed by atoms with Gasteiger partial charge in [0.2, 0.25) is 0 Å². The van der Waals surface area contributed by atoms with E-state index < -0.39 is 0 Å². The molecule has 6 heteroatoms. The second-order valence-electron chi connectivity index (χ2n) is 5.14. The summed E-state index contributed by atoms with van der Waals surface area (Å²) in [6.07, 6.45) is 0. The van der Waals surface area contributed by atoms with Crippen molar-refractivity contribution in [3.63, 3.8) is 0 Å². The van der Waals surface area contributed by atoms with E-state index in [9.17, 15) is 4.79 Å². The van der Waals surface area contributed by atoms with Crippen LogP contribution in [0, 0.1) is 5.41 Å². The van der Waals surface area contributed by atoms with E-state index in [0.29, 0.717) is 11.4 Å². The number of piperazine rings is 1. The summed E-state index contributed by atoms with van der Waals surface area (Å²) in [5, 5.41) is 11.5. The number of likely N-dealkylation sites (N-methyl/N-ethyl adjacent to an activating group) is 1. The zero-order chi connectivity index (χ0) is 17.4. The molecule has 6 nitrogen and oxygen atoms in total. The van der Waals surface area contributed by atoms with Crippen molar-refractivity contribution in [2.75, 3.05) is 52.7 Å². The number of nitrogens with one attached hydrogen (secondary N) is 2. The Balaban J connectivity index is 0.00000127. The molecule has 1 heterocycles. The molecule has 1 aromatic carbocycles. The first-order valence-corrected chi connectivity index (χ1v) is 7.99. The predicted octanol–water partition coefficient (Wildman–Crippen LogP) is 2.11. The molecule has 0 amide bonds. The lowest BCUT2D eigenvalue weighted by Crippen LogP contribution is -2.47. The van der Waals surface area contributed by atoms with E-state index in [4.69, 9.17) is 10.1 Å². The van der Waals surface area contributed by atoms with Crippen LogP contribution in [-0.4, -0.2) is 69.0 Å². The van der Waals surface area contributed by atoms with E-state index in [-0.39, 0.29) is 5.97 Å². The Morgan fingerprint density at radius 2 is 1.83 bits per heavy atom. The predicted molar refractivity (Wildman–Crippen MR) is 94.6 cm³/mol. The van der Waals surface area contributed by atoms with Crippen LogP contribution in [0.3, 0.4) is 0 Å². The van der Waals surface area contributed by atoms with Gasteiger partial charge < -0.3 is 19.9 Å². The summed E-state index contributed by atoms with van der Waals surface area (Å²) >= 11 is 0. The minimum atomic E-state index is -0.371. The number of carbonyl (C=O) groups excluding carboxylic acids is 1. The summed E-state index contributed by atoms with van der Waals surface area (Å²) in [6, 6.07) is 5.23. The van der Waals surface area contributed by atoms with E-state index >= 15 is 0 Å². The monoisotopic (exact) mass is 320 g/mol. The first kappa shape index (κ1) is 19.0. The minimum Gasteiger partial charge on any atom is -0.465 e. The third-order valence-electron chi connectivity index (χ3n) is 3.78. The molecular weight excluding hydrogens is 292 g/mol. The summed E-state index contributed by atoms with van der Waals surface area (Å²) in [7, 11) is 5.24. The number of rotatable bonds is 3. The van der Waals surface area contributed by atoms with E-state index in [2.05, 4.69) is 22.2 Å². The highest BCUT2D eigenvalue weighted by molar-refractivity contribution is 6.03. The highest BCUT2D eigenvalue weighted by Gasteiger charge is 2.20. The first-order valence-electron chi connectivity index (χ1n) is 7.99. The van der Waals surface area contributed by atoms with Crippen molar-refractivity contribution in [1.82, 2.24) is 9.80 Å². The van der Waals surface area contributed by atoms with Crippen LogP contribution in [0.1, 0.15) is 29.8 Å². The maximum Gasteiger partial charge on any atom is 0.337 e. The van der Waals surface area contributed by atoms with E-state index in [1.165, 1.54) is 7.11 Å². The molecule has 0 aliphatic carbocycles. The topological polar surface area (TPSA) is 68.7 Å². The lowest BCUT2D eigenvalue weighted by Gasteiger charge is -2.34. The van der Waals surface area contributed by atoms with Gasteiger partial charge in [0.25, 0.3) is 0 Å². The van der Waals surface area contributed by atoms with Crippen molar-refractivity contribution in [3.8, 4) is 0 Å². The first-order chi connectivity index (χ1) is 11.1. The van der Waals surface area contributed by atoms with Gasteiger partial charge in [-0.1, -0.05) is 13.8 Å². The van der Waals surface area contributed by atoms with E-state index in [1.807, 2.05) is 13.8 Å². The maximum absolute atomic E-state index is 11.6.